The van der Waals surface area contributed by atoms with Gasteiger partial charge in [-0.25, -0.2) is 4.39 Å². The van der Waals surface area contributed by atoms with Crippen LogP contribution in [0.2, 0.25) is 0 Å². The van der Waals surface area contributed by atoms with Crippen LogP contribution >= 0.6 is 0 Å². The lowest BCUT2D eigenvalue weighted by Crippen LogP contribution is -2.34. The predicted molar refractivity (Wildman–Crippen MR) is 50.0 cm³/mol. The molecule has 0 aliphatic heterocycles. The van der Waals surface area contributed by atoms with Gasteiger partial charge >= 0.3 is 0 Å². The summed E-state index contributed by atoms with van der Waals surface area (Å²) in [4.78, 5) is 0. The average molecular weight is 173 g/mol. The summed E-state index contributed by atoms with van der Waals surface area (Å²) in [6, 6.07) is 0. The molecule has 0 radical (unpaired) electrons. The van der Waals surface area contributed by atoms with E-state index in [0.29, 0.717) is 12.0 Å². The third-order valence-electron chi connectivity index (χ3n) is 2.88. The minimum Gasteiger partial charge on any atom is -0.314 e. The smallest absolute Gasteiger partial charge is 0.102 e. The van der Waals surface area contributed by atoms with E-state index in [1.807, 2.05) is 0 Å². The number of hydrogen-bond acceptors (Lipinski definition) is 1. The molecule has 1 aliphatic rings. The topological polar surface area (TPSA) is 12.0 Å². The second kappa shape index (κ2) is 4.80. The van der Waals surface area contributed by atoms with E-state index in [0.717, 1.165) is 6.54 Å². The van der Waals surface area contributed by atoms with Gasteiger partial charge in [-0.1, -0.05) is 26.2 Å². The molecule has 72 valence electrons. The van der Waals surface area contributed by atoms with Crippen LogP contribution in [0.3, 0.4) is 0 Å². The molecule has 1 nitrogen and oxygen atoms in total. The number of rotatable bonds is 4. The van der Waals surface area contributed by atoms with Crippen molar-refractivity contribution in [2.45, 2.75) is 39.0 Å². The molecule has 12 heavy (non-hydrogen) atoms. The van der Waals surface area contributed by atoms with Gasteiger partial charge in [-0.3, -0.25) is 0 Å². The van der Waals surface area contributed by atoms with Gasteiger partial charge in [0.2, 0.25) is 0 Å². The first-order valence-corrected chi connectivity index (χ1v) is 5.04. The molecule has 0 spiro atoms. The van der Waals surface area contributed by atoms with Gasteiger partial charge in [0, 0.05) is 13.1 Å². The highest BCUT2D eigenvalue weighted by Crippen LogP contribution is 2.34. The average Bonchev–Trinajstić information content (AvgIpc) is 2.06. The van der Waals surface area contributed by atoms with Crippen LogP contribution < -0.4 is 5.32 Å². The Bertz CT molecular complexity index is 119. The molecule has 1 N–H and O–H groups in total. The van der Waals surface area contributed by atoms with Crippen molar-refractivity contribution in [3.63, 3.8) is 0 Å². The molecule has 0 amide bonds. The van der Waals surface area contributed by atoms with Crippen molar-refractivity contribution in [2.75, 3.05) is 19.8 Å². The third-order valence-corrected chi connectivity index (χ3v) is 2.88. The zero-order valence-electron chi connectivity index (χ0n) is 8.03. The summed E-state index contributed by atoms with van der Waals surface area (Å²) in [5.41, 5.74) is 0.452. The lowest BCUT2D eigenvalue weighted by molar-refractivity contribution is 0.206. The summed E-state index contributed by atoms with van der Waals surface area (Å²) >= 11 is 0. The van der Waals surface area contributed by atoms with Gasteiger partial charge in [0.25, 0.3) is 0 Å². The highest BCUT2D eigenvalue weighted by Gasteiger charge is 2.25. The van der Waals surface area contributed by atoms with Gasteiger partial charge < -0.3 is 5.32 Å². The molecule has 0 unspecified atom stereocenters. The van der Waals surface area contributed by atoms with Gasteiger partial charge in [-0.05, 0) is 18.3 Å². The second-order valence-corrected chi connectivity index (χ2v) is 4.24. The molecule has 0 aromatic heterocycles. The monoisotopic (exact) mass is 173 g/mol. The summed E-state index contributed by atoms with van der Waals surface area (Å²) in [6.45, 7) is 3.60. The minimum atomic E-state index is -0.240. The van der Waals surface area contributed by atoms with Crippen LogP contribution in [0.1, 0.15) is 39.0 Å². The van der Waals surface area contributed by atoms with Crippen LogP contribution in [-0.2, 0) is 0 Å². The molecule has 0 bridgehead atoms. The van der Waals surface area contributed by atoms with Crippen molar-refractivity contribution >= 4 is 0 Å². The van der Waals surface area contributed by atoms with Crippen LogP contribution in [0.15, 0.2) is 0 Å². The van der Waals surface area contributed by atoms with Crippen molar-refractivity contribution in [2.24, 2.45) is 5.41 Å². The van der Waals surface area contributed by atoms with E-state index in [4.69, 9.17) is 0 Å². The van der Waals surface area contributed by atoms with Crippen molar-refractivity contribution < 1.29 is 4.39 Å². The molecule has 1 aliphatic carbocycles. The fourth-order valence-electron chi connectivity index (χ4n) is 2.04. The fourth-order valence-corrected chi connectivity index (χ4v) is 2.04. The highest BCUT2D eigenvalue weighted by atomic mass is 19.1. The minimum absolute atomic E-state index is 0.240. The van der Waals surface area contributed by atoms with E-state index < -0.39 is 0 Å². The molecule has 0 atom stereocenters. The lowest BCUT2D eigenvalue weighted by Gasteiger charge is -2.33. The SMILES string of the molecule is CC1(CNCCF)CCCCC1. The number of halogens is 1. The zero-order valence-corrected chi connectivity index (χ0v) is 8.03. The van der Waals surface area contributed by atoms with Crippen molar-refractivity contribution in [3.05, 3.63) is 0 Å². The molecular weight excluding hydrogens is 153 g/mol. The van der Waals surface area contributed by atoms with Gasteiger partial charge in [0.1, 0.15) is 6.67 Å². The van der Waals surface area contributed by atoms with Crippen LogP contribution in [-0.4, -0.2) is 19.8 Å². The van der Waals surface area contributed by atoms with Crippen molar-refractivity contribution in [1.82, 2.24) is 5.32 Å². The Hall–Kier alpha value is -0.110. The second-order valence-electron chi connectivity index (χ2n) is 4.24. The molecule has 1 fully saturated rings. The molecule has 0 aromatic carbocycles. The number of alkyl halides is 1. The molecule has 2 heteroatoms. The Balaban J connectivity index is 2.17. The molecule has 0 saturated heterocycles. The van der Waals surface area contributed by atoms with Crippen molar-refractivity contribution in [1.29, 1.82) is 0 Å². The summed E-state index contributed by atoms with van der Waals surface area (Å²) in [5.74, 6) is 0. The van der Waals surface area contributed by atoms with E-state index >= 15 is 0 Å². The maximum Gasteiger partial charge on any atom is 0.102 e. The Labute approximate surface area is 74.7 Å². The van der Waals surface area contributed by atoms with Gasteiger partial charge in [0.05, 0.1) is 0 Å². The van der Waals surface area contributed by atoms with E-state index in [-0.39, 0.29) is 6.67 Å². The Morgan fingerprint density at radius 1 is 1.25 bits per heavy atom. The molecule has 1 saturated carbocycles. The summed E-state index contributed by atoms with van der Waals surface area (Å²) in [6.07, 6.45) is 6.72. The van der Waals surface area contributed by atoms with E-state index in [9.17, 15) is 4.39 Å². The quantitative estimate of drug-likeness (QED) is 0.644. The van der Waals surface area contributed by atoms with Crippen LogP contribution in [0.5, 0.6) is 0 Å². The van der Waals surface area contributed by atoms with Gasteiger partial charge in [-0.2, -0.15) is 0 Å². The third kappa shape index (κ3) is 3.10. The van der Waals surface area contributed by atoms with Gasteiger partial charge in [0.15, 0.2) is 0 Å². The molecule has 0 heterocycles. The molecule has 1 rings (SSSR count). The highest BCUT2D eigenvalue weighted by molar-refractivity contribution is 4.80. The summed E-state index contributed by atoms with van der Waals surface area (Å²) in [7, 11) is 0. The molecule has 0 aromatic rings. The normalized spacial score (nSPS) is 22.5. The van der Waals surface area contributed by atoms with E-state index in [1.54, 1.807) is 0 Å². The van der Waals surface area contributed by atoms with Crippen LogP contribution in [0, 0.1) is 5.41 Å². The first-order chi connectivity index (χ1) is 5.77. The standard InChI is InChI=1S/C10H20FN/c1-10(9-12-8-7-11)5-3-2-4-6-10/h12H,2-9H2,1H3. The van der Waals surface area contributed by atoms with Crippen LogP contribution in [0.4, 0.5) is 4.39 Å². The summed E-state index contributed by atoms with van der Waals surface area (Å²) in [5, 5.41) is 3.17. The lowest BCUT2D eigenvalue weighted by atomic mass is 9.76. The van der Waals surface area contributed by atoms with Gasteiger partial charge in [-0.15, -0.1) is 0 Å². The summed E-state index contributed by atoms with van der Waals surface area (Å²) < 4.78 is 11.8. The fraction of sp³-hybridized carbons (Fsp3) is 1.00. The maximum absolute atomic E-state index is 11.8. The number of hydrogen-bond donors (Lipinski definition) is 1. The maximum atomic E-state index is 11.8. The van der Waals surface area contributed by atoms with E-state index in [2.05, 4.69) is 12.2 Å². The largest absolute Gasteiger partial charge is 0.314 e. The van der Waals surface area contributed by atoms with E-state index in [1.165, 1.54) is 32.1 Å². The Morgan fingerprint density at radius 3 is 2.50 bits per heavy atom. The molecular formula is C10H20FN. The predicted octanol–water partition coefficient (Wildman–Crippen LogP) is 2.52. The van der Waals surface area contributed by atoms with Crippen molar-refractivity contribution in [3.8, 4) is 0 Å². The first-order valence-electron chi connectivity index (χ1n) is 5.04. The van der Waals surface area contributed by atoms with Crippen LogP contribution in [0.25, 0.3) is 0 Å². The Morgan fingerprint density at radius 2 is 1.92 bits per heavy atom. The first kappa shape index (κ1) is 9.97. The zero-order chi connectivity index (χ0) is 8.86. The number of nitrogens with one attached hydrogen (secondary N) is 1. The Kier molecular flexibility index (Phi) is 3.99.